The standard InChI is InChI=1S/C27H23N7O2/c1-27(2)24(18-6-4-3-5-7-18)34(26(35)36-27)20-10-8-17(9-11-20)19-14-21(25(28)29-15-19)22-12-13-23-31-30-16-33(23)32-22/h3-16,24H,1-2H3,(H2,28,29). The number of aromatic nitrogens is 5. The SMILES string of the molecule is CC1(C)OC(=O)N(c2ccc(-c3cnc(N)c(-c4ccc5nncn5n4)c3)cc2)C1c1ccccc1. The van der Waals surface area contributed by atoms with Gasteiger partial charge in [-0.1, -0.05) is 42.5 Å². The van der Waals surface area contributed by atoms with Crippen LogP contribution in [0.3, 0.4) is 0 Å². The first-order valence-electron chi connectivity index (χ1n) is 11.5. The Labute approximate surface area is 207 Å². The second-order valence-corrected chi connectivity index (χ2v) is 9.21. The molecule has 0 spiro atoms. The second kappa shape index (κ2) is 8.16. The van der Waals surface area contributed by atoms with Crippen molar-refractivity contribution >= 4 is 23.2 Å². The zero-order valence-electron chi connectivity index (χ0n) is 19.7. The van der Waals surface area contributed by atoms with Gasteiger partial charge in [0.15, 0.2) is 5.65 Å². The molecule has 0 radical (unpaired) electrons. The highest BCUT2D eigenvalue weighted by Crippen LogP contribution is 2.44. The van der Waals surface area contributed by atoms with Gasteiger partial charge in [-0.05, 0) is 55.3 Å². The van der Waals surface area contributed by atoms with Crippen molar-refractivity contribution in [3.63, 3.8) is 0 Å². The van der Waals surface area contributed by atoms with E-state index in [4.69, 9.17) is 10.5 Å². The molecule has 4 heterocycles. The highest BCUT2D eigenvalue weighted by Gasteiger charge is 2.49. The minimum atomic E-state index is -0.675. The zero-order chi connectivity index (χ0) is 24.9. The van der Waals surface area contributed by atoms with Crippen LogP contribution in [0.1, 0.15) is 25.5 Å². The molecule has 2 N–H and O–H groups in total. The van der Waals surface area contributed by atoms with E-state index in [0.717, 1.165) is 22.4 Å². The summed E-state index contributed by atoms with van der Waals surface area (Å²) in [6.07, 6.45) is 2.90. The number of nitrogen functional groups attached to an aromatic ring is 1. The number of pyridine rings is 1. The third kappa shape index (κ3) is 3.61. The molecule has 0 bridgehead atoms. The molecular formula is C27H23N7O2. The highest BCUT2D eigenvalue weighted by atomic mass is 16.6. The Morgan fingerprint density at radius 2 is 1.75 bits per heavy atom. The maximum Gasteiger partial charge on any atom is 0.415 e. The molecule has 1 amide bonds. The summed E-state index contributed by atoms with van der Waals surface area (Å²) in [5, 5.41) is 12.4. The molecule has 9 nitrogen and oxygen atoms in total. The minimum absolute atomic E-state index is 0.250. The van der Waals surface area contributed by atoms with Crippen LogP contribution in [0.15, 0.2) is 85.3 Å². The molecule has 1 aliphatic heterocycles. The summed E-state index contributed by atoms with van der Waals surface area (Å²) in [6, 6.07) is 23.1. The number of anilines is 2. The quantitative estimate of drug-likeness (QED) is 0.391. The maximum atomic E-state index is 12.9. The molecule has 9 heteroatoms. The van der Waals surface area contributed by atoms with Gasteiger partial charge in [-0.2, -0.15) is 9.61 Å². The van der Waals surface area contributed by atoms with Crippen LogP contribution in [-0.2, 0) is 4.74 Å². The minimum Gasteiger partial charge on any atom is -0.441 e. The van der Waals surface area contributed by atoms with Crippen LogP contribution < -0.4 is 10.6 Å². The number of hydrogen-bond acceptors (Lipinski definition) is 7. The predicted molar refractivity (Wildman–Crippen MR) is 136 cm³/mol. The molecule has 3 aromatic heterocycles. The summed E-state index contributed by atoms with van der Waals surface area (Å²) in [5.41, 5.74) is 11.1. The number of ether oxygens (including phenoxy) is 1. The van der Waals surface area contributed by atoms with E-state index in [-0.39, 0.29) is 12.1 Å². The molecule has 1 fully saturated rings. The third-order valence-corrected chi connectivity index (χ3v) is 6.41. The molecule has 1 atom stereocenters. The van der Waals surface area contributed by atoms with E-state index < -0.39 is 5.60 Å². The molecule has 0 aliphatic carbocycles. The number of nitrogens with zero attached hydrogens (tertiary/aromatic N) is 6. The number of cyclic esters (lactones) is 1. The van der Waals surface area contributed by atoms with Crippen molar-refractivity contribution in [2.75, 3.05) is 10.6 Å². The average Bonchev–Trinajstić information content (AvgIpc) is 3.45. The number of rotatable bonds is 4. The van der Waals surface area contributed by atoms with Crippen LogP contribution in [-0.4, -0.2) is 36.5 Å². The van der Waals surface area contributed by atoms with E-state index in [1.807, 2.05) is 86.6 Å². The Morgan fingerprint density at radius 3 is 2.53 bits per heavy atom. The Morgan fingerprint density at radius 1 is 0.972 bits per heavy atom. The summed E-state index contributed by atoms with van der Waals surface area (Å²) in [4.78, 5) is 19.0. The monoisotopic (exact) mass is 477 g/mol. The van der Waals surface area contributed by atoms with Crippen LogP contribution in [0.25, 0.3) is 28.0 Å². The number of amides is 1. The Balaban J connectivity index is 1.35. The van der Waals surface area contributed by atoms with E-state index in [1.54, 1.807) is 21.9 Å². The van der Waals surface area contributed by atoms with Gasteiger partial charge in [0.2, 0.25) is 0 Å². The number of hydrogen-bond donors (Lipinski definition) is 1. The lowest BCUT2D eigenvalue weighted by Gasteiger charge is -2.29. The van der Waals surface area contributed by atoms with Gasteiger partial charge in [0.25, 0.3) is 0 Å². The van der Waals surface area contributed by atoms with Gasteiger partial charge in [0, 0.05) is 23.0 Å². The summed E-state index contributed by atoms with van der Waals surface area (Å²) in [5.74, 6) is 0.378. The fourth-order valence-electron chi connectivity index (χ4n) is 4.71. The van der Waals surface area contributed by atoms with Gasteiger partial charge in [0.05, 0.1) is 5.69 Å². The van der Waals surface area contributed by atoms with Crippen molar-refractivity contribution in [3.05, 3.63) is 90.9 Å². The van der Waals surface area contributed by atoms with Crippen molar-refractivity contribution in [1.29, 1.82) is 0 Å². The Hall–Kier alpha value is -4.79. The summed E-state index contributed by atoms with van der Waals surface area (Å²) in [6.45, 7) is 3.87. The molecule has 1 saturated heterocycles. The Kier molecular flexibility index (Phi) is 4.92. The van der Waals surface area contributed by atoms with Crippen molar-refractivity contribution in [2.45, 2.75) is 25.5 Å². The first kappa shape index (κ1) is 21.7. The maximum absolute atomic E-state index is 12.9. The average molecular weight is 478 g/mol. The topological polar surface area (TPSA) is 112 Å². The van der Waals surface area contributed by atoms with Crippen molar-refractivity contribution in [3.8, 4) is 22.4 Å². The van der Waals surface area contributed by atoms with Gasteiger partial charge >= 0.3 is 6.09 Å². The summed E-state index contributed by atoms with van der Waals surface area (Å²) >= 11 is 0. The zero-order valence-corrected chi connectivity index (χ0v) is 19.7. The molecule has 178 valence electrons. The van der Waals surface area contributed by atoms with E-state index in [0.29, 0.717) is 22.7 Å². The first-order chi connectivity index (χ1) is 17.4. The van der Waals surface area contributed by atoms with Gasteiger partial charge in [-0.3, -0.25) is 4.90 Å². The van der Waals surface area contributed by atoms with Gasteiger partial charge in [-0.15, -0.1) is 10.2 Å². The van der Waals surface area contributed by atoms with E-state index in [2.05, 4.69) is 20.3 Å². The van der Waals surface area contributed by atoms with Crippen LogP contribution in [0.5, 0.6) is 0 Å². The van der Waals surface area contributed by atoms with E-state index in [1.165, 1.54) is 0 Å². The second-order valence-electron chi connectivity index (χ2n) is 9.21. The fraction of sp³-hybridized carbons (Fsp3) is 0.148. The predicted octanol–water partition coefficient (Wildman–Crippen LogP) is 4.91. The first-order valence-corrected chi connectivity index (χ1v) is 11.5. The number of carbonyl (C=O) groups excluding carboxylic acids is 1. The highest BCUT2D eigenvalue weighted by molar-refractivity contribution is 5.92. The normalized spacial score (nSPS) is 16.9. The van der Waals surface area contributed by atoms with Crippen LogP contribution >= 0.6 is 0 Å². The molecule has 1 unspecified atom stereocenters. The number of fused-ring (bicyclic) bond motifs is 1. The lowest BCUT2D eigenvalue weighted by Crippen LogP contribution is -2.33. The number of nitrogens with two attached hydrogens (primary N) is 1. The van der Waals surface area contributed by atoms with Crippen molar-refractivity contribution < 1.29 is 9.53 Å². The molecule has 1 aliphatic rings. The lowest BCUT2D eigenvalue weighted by atomic mass is 9.91. The molecule has 0 saturated carbocycles. The largest absolute Gasteiger partial charge is 0.441 e. The molecular weight excluding hydrogens is 454 g/mol. The lowest BCUT2D eigenvalue weighted by molar-refractivity contribution is 0.0685. The van der Waals surface area contributed by atoms with Crippen LogP contribution in [0.2, 0.25) is 0 Å². The van der Waals surface area contributed by atoms with E-state index >= 15 is 0 Å². The van der Waals surface area contributed by atoms with Crippen molar-refractivity contribution in [2.24, 2.45) is 0 Å². The third-order valence-electron chi connectivity index (χ3n) is 6.41. The van der Waals surface area contributed by atoms with Crippen molar-refractivity contribution in [1.82, 2.24) is 24.8 Å². The number of carbonyl (C=O) groups is 1. The number of benzene rings is 2. The molecule has 36 heavy (non-hydrogen) atoms. The Bertz CT molecular complexity index is 1580. The summed E-state index contributed by atoms with van der Waals surface area (Å²) < 4.78 is 7.34. The van der Waals surface area contributed by atoms with Gasteiger partial charge in [-0.25, -0.2) is 9.78 Å². The fourth-order valence-corrected chi connectivity index (χ4v) is 4.71. The molecule has 2 aromatic carbocycles. The molecule has 6 rings (SSSR count). The van der Waals surface area contributed by atoms with Crippen LogP contribution in [0, 0.1) is 0 Å². The molecule has 5 aromatic rings. The van der Waals surface area contributed by atoms with Gasteiger partial charge < -0.3 is 10.5 Å². The van der Waals surface area contributed by atoms with E-state index in [9.17, 15) is 4.79 Å². The smallest absolute Gasteiger partial charge is 0.415 e. The van der Waals surface area contributed by atoms with Crippen LogP contribution in [0.4, 0.5) is 16.3 Å². The van der Waals surface area contributed by atoms with Gasteiger partial charge in [0.1, 0.15) is 23.8 Å². The summed E-state index contributed by atoms with van der Waals surface area (Å²) in [7, 11) is 0.